The first-order chi connectivity index (χ1) is 11.4. The molecule has 1 aromatic carbocycles. The van der Waals surface area contributed by atoms with Gasteiger partial charge >= 0.3 is 0 Å². The Hall–Kier alpha value is -1.77. The van der Waals surface area contributed by atoms with Crippen LogP contribution >= 0.6 is 12.2 Å². The topological polar surface area (TPSA) is 65.6 Å². The van der Waals surface area contributed by atoms with E-state index in [1.54, 1.807) is 18.2 Å². The highest BCUT2D eigenvalue weighted by atomic mass is 32.1. The predicted molar refractivity (Wildman–Crippen MR) is 95.0 cm³/mol. The summed E-state index contributed by atoms with van der Waals surface area (Å²) in [6.45, 7) is 6.34. The minimum absolute atomic E-state index is 0.127. The van der Waals surface area contributed by atoms with Crippen LogP contribution < -0.4 is 16.2 Å². The number of amides is 1. The number of thiocarbonyl (C=S) groups is 1. The molecule has 0 saturated carbocycles. The van der Waals surface area contributed by atoms with Gasteiger partial charge in [0.25, 0.3) is 0 Å². The maximum absolute atomic E-state index is 13.5. The van der Waals surface area contributed by atoms with E-state index < -0.39 is 5.82 Å². The molecule has 1 heterocycles. The van der Waals surface area contributed by atoms with Crippen molar-refractivity contribution < 1.29 is 13.9 Å². The average Bonchev–Trinajstić information content (AvgIpc) is 2.52. The van der Waals surface area contributed by atoms with Gasteiger partial charge in [-0.3, -0.25) is 20.5 Å². The molecule has 1 amide bonds. The van der Waals surface area contributed by atoms with Gasteiger partial charge in [-0.25, -0.2) is 4.39 Å². The van der Waals surface area contributed by atoms with E-state index in [9.17, 15) is 9.18 Å². The monoisotopic (exact) mass is 354 g/mol. The number of morpholine rings is 1. The third-order valence-electron chi connectivity index (χ3n) is 3.59. The molecule has 8 heteroatoms. The number of benzene rings is 1. The highest BCUT2D eigenvalue weighted by Crippen LogP contribution is 2.12. The molecule has 1 saturated heterocycles. The largest absolute Gasteiger partial charge is 0.373 e. The third kappa shape index (κ3) is 6.03. The maximum Gasteiger partial charge on any atom is 0.239 e. The fourth-order valence-electron chi connectivity index (χ4n) is 2.63. The van der Waals surface area contributed by atoms with Gasteiger partial charge < -0.3 is 10.1 Å². The number of para-hydroxylation sites is 1. The van der Waals surface area contributed by atoms with E-state index in [1.165, 1.54) is 6.07 Å². The number of hydrazine groups is 1. The lowest BCUT2D eigenvalue weighted by Crippen LogP contribution is -2.48. The second-order valence-electron chi connectivity index (χ2n) is 5.87. The number of anilines is 1. The Bertz CT molecular complexity index is 577. The first-order valence-electron chi connectivity index (χ1n) is 7.92. The second kappa shape index (κ2) is 8.91. The van der Waals surface area contributed by atoms with Gasteiger partial charge in [-0.15, -0.1) is 0 Å². The summed E-state index contributed by atoms with van der Waals surface area (Å²) >= 11 is 5.02. The Labute approximate surface area is 146 Å². The van der Waals surface area contributed by atoms with Crippen molar-refractivity contribution in [3.63, 3.8) is 0 Å². The van der Waals surface area contributed by atoms with Crippen LogP contribution in [0.25, 0.3) is 0 Å². The summed E-state index contributed by atoms with van der Waals surface area (Å²) in [5.74, 6) is -0.594. The quantitative estimate of drug-likeness (QED) is 0.564. The molecule has 0 spiro atoms. The highest BCUT2D eigenvalue weighted by molar-refractivity contribution is 7.80. The molecule has 24 heavy (non-hydrogen) atoms. The van der Waals surface area contributed by atoms with E-state index in [0.717, 1.165) is 13.1 Å². The number of hydrogen-bond acceptors (Lipinski definition) is 4. The van der Waals surface area contributed by atoms with Crippen molar-refractivity contribution in [1.29, 1.82) is 0 Å². The molecule has 1 fully saturated rings. The van der Waals surface area contributed by atoms with E-state index in [2.05, 4.69) is 21.1 Å². The van der Waals surface area contributed by atoms with E-state index >= 15 is 0 Å². The van der Waals surface area contributed by atoms with Crippen LogP contribution in [-0.4, -0.2) is 47.8 Å². The number of ether oxygens (including phenoxy) is 1. The van der Waals surface area contributed by atoms with Gasteiger partial charge in [0.15, 0.2) is 5.11 Å². The summed E-state index contributed by atoms with van der Waals surface area (Å²) < 4.78 is 19.1. The molecule has 2 atom stereocenters. The minimum Gasteiger partial charge on any atom is -0.373 e. The van der Waals surface area contributed by atoms with Crippen molar-refractivity contribution in [2.75, 3.05) is 25.0 Å². The van der Waals surface area contributed by atoms with Crippen LogP contribution in [0.2, 0.25) is 0 Å². The van der Waals surface area contributed by atoms with Crippen molar-refractivity contribution in [2.45, 2.75) is 32.5 Å². The Morgan fingerprint density at radius 2 is 1.96 bits per heavy atom. The summed E-state index contributed by atoms with van der Waals surface area (Å²) in [4.78, 5) is 14.1. The summed E-state index contributed by atoms with van der Waals surface area (Å²) in [6.07, 6.45) is 0.689. The molecule has 132 valence electrons. The average molecular weight is 354 g/mol. The molecule has 6 nitrogen and oxygen atoms in total. The van der Waals surface area contributed by atoms with E-state index in [-0.39, 0.29) is 28.9 Å². The molecule has 1 aromatic rings. The molecule has 0 aliphatic carbocycles. The zero-order chi connectivity index (χ0) is 17.5. The smallest absolute Gasteiger partial charge is 0.239 e. The SMILES string of the molecule is C[C@H]1CN(CCC(=O)NNC(=S)Nc2ccccc2F)C[C@H](C)O1. The summed E-state index contributed by atoms with van der Waals surface area (Å²) in [6, 6.07) is 6.17. The van der Waals surface area contributed by atoms with Gasteiger partial charge in [-0.2, -0.15) is 0 Å². The number of nitrogens with one attached hydrogen (secondary N) is 3. The van der Waals surface area contributed by atoms with Gasteiger partial charge in [0.2, 0.25) is 5.91 Å². The van der Waals surface area contributed by atoms with Crippen LogP contribution in [0.3, 0.4) is 0 Å². The number of hydrogen-bond donors (Lipinski definition) is 3. The van der Waals surface area contributed by atoms with Crippen molar-refractivity contribution in [1.82, 2.24) is 15.8 Å². The third-order valence-corrected chi connectivity index (χ3v) is 3.79. The molecule has 0 aromatic heterocycles. The van der Waals surface area contributed by atoms with E-state index in [1.807, 2.05) is 13.8 Å². The molecular weight excluding hydrogens is 331 g/mol. The van der Waals surface area contributed by atoms with Crippen molar-refractivity contribution in [3.8, 4) is 0 Å². The van der Waals surface area contributed by atoms with Crippen LogP contribution in [0.4, 0.5) is 10.1 Å². The molecule has 1 aliphatic heterocycles. The Morgan fingerprint density at radius 3 is 2.62 bits per heavy atom. The fourth-order valence-corrected chi connectivity index (χ4v) is 2.79. The molecular formula is C16H23FN4O2S. The fraction of sp³-hybridized carbons (Fsp3) is 0.500. The zero-order valence-electron chi connectivity index (χ0n) is 13.8. The Kier molecular flexibility index (Phi) is 6.89. The van der Waals surface area contributed by atoms with Gasteiger partial charge in [0.05, 0.1) is 17.9 Å². The van der Waals surface area contributed by atoms with Crippen molar-refractivity contribution >= 4 is 28.9 Å². The van der Waals surface area contributed by atoms with Crippen molar-refractivity contribution in [2.24, 2.45) is 0 Å². The van der Waals surface area contributed by atoms with Crippen LogP contribution in [0.5, 0.6) is 0 Å². The number of nitrogens with zero attached hydrogens (tertiary/aromatic N) is 1. The van der Waals surface area contributed by atoms with Gasteiger partial charge in [0, 0.05) is 26.1 Å². The summed E-state index contributed by atoms with van der Waals surface area (Å²) in [5, 5.41) is 2.81. The van der Waals surface area contributed by atoms with Gasteiger partial charge in [0.1, 0.15) is 5.82 Å². The molecule has 0 radical (unpaired) electrons. The molecule has 2 rings (SSSR count). The van der Waals surface area contributed by atoms with E-state index in [4.69, 9.17) is 17.0 Å². The van der Waals surface area contributed by atoms with Crippen LogP contribution in [0, 0.1) is 5.82 Å². The highest BCUT2D eigenvalue weighted by Gasteiger charge is 2.22. The molecule has 0 bridgehead atoms. The molecule has 1 aliphatic rings. The lowest BCUT2D eigenvalue weighted by molar-refractivity contribution is -0.123. The Balaban J connectivity index is 1.67. The minimum atomic E-state index is -0.413. The predicted octanol–water partition coefficient (Wildman–Crippen LogP) is 1.64. The standard InChI is InChI=1S/C16H23FN4O2S/c1-11-9-21(10-12(2)23-11)8-7-15(22)19-20-16(24)18-14-6-4-3-5-13(14)17/h3-6,11-12H,7-10H2,1-2H3,(H,19,22)(H2,18,20,24)/t11-,12-/m0/s1. The van der Waals surface area contributed by atoms with Crippen LogP contribution in [0.1, 0.15) is 20.3 Å². The van der Waals surface area contributed by atoms with E-state index in [0.29, 0.717) is 13.0 Å². The maximum atomic E-state index is 13.5. The summed E-state index contributed by atoms with van der Waals surface area (Å²) in [7, 11) is 0. The first-order valence-corrected chi connectivity index (χ1v) is 8.33. The lowest BCUT2D eigenvalue weighted by atomic mass is 10.2. The van der Waals surface area contributed by atoms with Crippen molar-refractivity contribution in [3.05, 3.63) is 30.1 Å². The lowest BCUT2D eigenvalue weighted by Gasteiger charge is -2.35. The summed E-state index contributed by atoms with van der Waals surface area (Å²) in [5.41, 5.74) is 5.34. The first kappa shape index (κ1) is 18.6. The van der Waals surface area contributed by atoms with Gasteiger partial charge in [-0.05, 0) is 38.2 Å². The molecule has 3 N–H and O–H groups in total. The zero-order valence-corrected chi connectivity index (χ0v) is 14.7. The van der Waals surface area contributed by atoms with Crippen LogP contribution in [-0.2, 0) is 9.53 Å². The number of halogens is 1. The number of rotatable bonds is 4. The number of carbonyl (C=O) groups excluding carboxylic acids is 1. The number of carbonyl (C=O) groups is 1. The normalized spacial score (nSPS) is 21.1. The second-order valence-corrected chi connectivity index (χ2v) is 6.28. The van der Waals surface area contributed by atoms with Crippen LogP contribution in [0.15, 0.2) is 24.3 Å². The molecule has 0 unspecified atom stereocenters. The Morgan fingerprint density at radius 1 is 1.29 bits per heavy atom. The van der Waals surface area contributed by atoms with Gasteiger partial charge in [-0.1, -0.05) is 12.1 Å².